The molecule has 0 saturated heterocycles. The third kappa shape index (κ3) is 3.94. The van der Waals surface area contributed by atoms with Crippen LogP contribution < -0.4 is 15.0 Å². The molecule has 0 unspecified atom stereocenters. The quantitative estimate of drug-likeness (QED) is 0.424. The minimum atomic E-state index is -0.339. The number of hydrazone groups is 1. The van der Waals surface area contributed by atoms with Crippen LogP contribution in [0.1, 0.15) is 22.9 Å². The normalized spacial score (nSPS) is 15.4. The first-order chi connectivity index (χ1) is 16.6. The zero-order valence-electron chi connectivity index (χ0n) is 18.7. The number of thiophene rings is 1. The summed E-state index contributed by atoms with van der Waals surface area (Å²) < 4.78 is 12.2. The molecular weight excluding hydrogens is 452 g/mol. The van der Waals surface area contributed by atoms with E-state index in [0.29, 0.717) is 28.8 Å². The van der Waals surface area contributed by atoms with Gasteiger partial charge in [0.05, 0.1) is 48.1 Å². The molecule has 1 aliphatic heterocycles. The van der Waals surface area contributed by atoms with E-state index in [1.807, 2.05) is 41.8 Å². The van der Waals surface area contributed by atoms with Gasteiger partial charge in [0.1, 0.15) is 6.54 Å². The number of fused-ring (bicyclic) bond motifs is 1. The summed E-state index contributed by atoms with van der Waals surface area (Å²) >= 11 is 1.57. The number of aromatic nitrogens is 2. The van der Waals surface area contributed by atoms with Crippen molar-refractivity contribution in [3.8, 4) is 11.5 Å². The molecule has 1 atom stereocenters. The van der Waals surface area contributed by atoms with Gasteiger partial charge in [0.25, 0.3) is 11.5 Å². The average molecular weight is 475 g/mol. The summed E-state index contributed by atoms with van der Waals surface area (Å²) in [6, 6.07) is 16.3. The number of benzene rings is 2. The highest BCUT2D eigenvalue weighted by molar-refractivity contribution is 7.12. The largest absolute Gasteiger partial charge is 0.493 e. The maximum atomic E-state index is 13.5. The van der Waals surface area contributed by atoms with Crippen molar-refractivity contribution in [2.45, 2.75) is 19.0 Å². The van der Waals surface area contributed by atoms with Crippen molar-refractivity contribution < 1.29 is 14.3 Å². The summed E-state index contributed by atoms with van der Waals surface area (Å²) in [5.41, 5.74) is 2.03. The van der Waals surface area contributed by atoms with Crippen LogP contribution >= 0.6 is 11.3 Å². The Bertz CT molecular complexity index is 1450. The number of para-hydroxylation sites is 1. The van der Waals surface area contributed by atoms with Gasteiger partial charge in [0.15, 0.2) is 11.5 Å². The van der Waals surface area contributed by atoms with Crippen molar-refractivity contribution in [2.75, 3.05) is 14.2 Å². The molecule has 0 bridgehead atoms. The lowest BCUT2D eigenvalue weighted by molar-refractivity contribution is -0.133. The van der Waals surface area contributed by atoms with Crippen molar-refractivity contribution in [1.82, 2.24) is 14.6 Å². The summed E-state index contributed by atoms with van der Waals surface area (Å²) in [6.07, 6.45) is 1.96. The van der Waals surface area contributed by atoms with Crippen LogP contribution in [0.25, 0.3) is 10.9 Å². The van der Waals surface area contributed by atoms with Gasteiger partial charge in [-0.25, -0.2) is 9.99 Å². The lowest BCUT2D eigenvalue weighted by atomic mass is 10.0. The van der Waals surface area contributed by atoms with Crippen molar-refractivity contribution in [3.63, 3.8) is 0 Å². The van der Waals surface area contributed by atoms with E-state index in [0.717, 1.165) is 16.2 Å². The van der Waals surface area contributed by atoms with Crippen LogP contribution in [0.15, 0.2) is 76.2 Å². The lowest BCUT2D eigenvalue weighted by Gasteiger charge is -2.23. The molecule has 3 heterocycles. The molecule has 1 amide bonds. The number of rotatable bonds is 6. The maximum Gasteiger partial charge on any atom is 0.263 e. The Morgan fingerprint density at radius 1 is 1.09 bits per heavy atom. The van der Waals surface area contributed by atoms with Gasteiger partial charge >= 0.3 is 0 Å². The second-order valence-corrected chi connectivity index (χ2v) is 8.74. The van der Waals surface area contributed by atoms with Crippen LogP contribution in [-0.4, -0.2) is 40.4 Å². The Morgan fingerprint density at radius 2 is 1.91 bits per heavy atom. The first kappa shape index (κ1) is 21.8. The second kappa shape index (κ2) is 9.11. The van der Waals surface area contributed by atoms with E-state index in [1.165, 1.54) is 15.9 Å². The summed E-state index contributed by atoms with van der Waals surface area (Å²) in [5, 5.41) is 8.60. The number of carbonyl (C=O) groups is 1. The fourth-order valence-electron chi connectivity index (χ4n) is 4.09. The second-order valence-electron chi connectivity index (χ2n) is 7.79. The fourth-order valence-corrected chi connectivity index (χ4v) is 4.81. The highest BCUT2D eigenvalue weighted by Crippen LogP contribution is 2.38. The van der Waals surface area contributed by atoms with Gasteiger partial charge in [-0.15, -0.1) is 11.3 Å². The zero-order chi connectivity index (χ0) is 23.7. The van der Waals surface area contributed by atoms with Gasteiger partial charge in [-0.2, -0.15) is 5.10 Å². The Kier molecular flexibility index (Phi) is 5.85. The van der Waals surface area contributed by atoms with E-state index in [1.54, 1.807) is 43.8 Å². The third-order valence-electron chi connectivity index (χ3n) is 5.80. The van der Waals surface area contributed by atoms with Gasteiger partial charge in [0, 0.05) is 6.42 Å². The summed E-state index contributed by atoms with van der Waals surface area (Å²) in [6.45, 7) is -0.165. The zero-order valence-corrected chi connectivity index (χ0v) is 19.5. The fraction of sp³-hybridized carbons (Fsp3) is 0.200. The molecule has 9 heteroatoms. The standard InChI is InChI=1S/C25H22N4O4S/c1-32-21-10-9-16(12-22(21)33-2)20-13-19(23-8-5-11-34-23)27-29(20)24(30)14-28-15-26-18-7-4-3-6-17(18)25(28)31/h3-12,15,20H,13-14H2,1-2H3/t20-/m0/s1. The molecule has 4 aromatic rings. The Morgan fingerprint density at radius 3 is 2.68 bits per heavy atom. The molecule has 0 spiro atoms. The molecule has 0 radical (unpaired) electrons. The van der Waals surface area contributed by atoms with E-state index < -0.39 is 0 Å². The number of amides is 1. The smallest absolute Gasteiger partial charge is 0.263 e. The molecule has 34 heavy (non-hydrogen) atoms. The Hall–Kier alpha value is -3.98. The van der Waals surface area contributed by atoms with Crippen LogP contribution in [0.5, 0.6) is 11.5 Å². The summed E-state index contributed by atoms with van der Waals surface area (Å²) in [5.74, 6) is 0.882. The first-order valence-electron chi connectivity index (χ1n) is 10.7. The molecule has 1 aliphatic rings. The van der Waals surface area contributed by atoms with E-state index in [4.69, 9.17) is 9.47 Å². The van der Waals surface area contributed by atoms with Gasteiger partial charge in [-0.1, -0.05) is 24.3 Å². The SMILES string of the molecule is COc1ccc([C@@H]2CC(c3cccs3)=NN2C(=O)Cn2cnc3ccccc3c2=O)cc1OC. The number of methoxy groups -OCH3 is 2. The maximum absolute atomic E-state index is 13.5. The molecule has 172 valence electrons. The molecule has 0 N–H and O–H groups in total. The summed E-state index contributed by atoms with van der Waals surface area (Å²) in [7, 11) is 3.15. The van der Waals surface area contributed by atoms with Crippen LogP contribution in [0.4, 0.5) is 0 Å². The average Bonchev–Trinajstić information content (AvgIpc) is 3.56. The number of ether oxygens (including phenoxy) is 2. The van der Waals surface area contributed by atoms with Gasteiger partial charge in [-0.3, -0.25) is 14.2 Å². The van der Waals surface area contributed by atoms with Gasteiger partial charge < -0.3 is 9.47 Å². The van der Waals surface area contributed by atoms with Crippen LogP contribution in [0, 0.1) is 0 Å². The molecule has 5 rings (SSSR count). The van der Waals surface area contributed by atoms with Crippen LogP contribution in [0.3, 0.4) is 0 Å². The van der Waals surface area contributed by atoms with E-state index in [9.17, 15) is 9.59 Å². The number of nitrogens with zero attached hydrogens (tertiary/aromatic N) is 4. The van der Waals surface area contributed by atoms with Crippen molar-refractivity contribution >= 4 is 33.9 Å². The highest BCUT2D eigenvalue weighted by Gasteiger charge is 2.34. The molecule has 0 aliphatic carbocycles. The Labute approximate surface area is 199 Å². The van der Waals surface area contributed by atoms with E-state index in [2.05, 4.69) is 10.1 Å². The Balaban J connectivity index is 1.50. The van der Waals surface area contributed by atoms with Crippen molar-refractivity contribution in [2.24, 2.45) is 5.10 Å². The van der Waals surface area contributed by atoms with Crippen molar-refractivity contribution in [3.05, 3.63) is 87.1 Å². The molecule has 2 aromatic carbocycles. The van der Waals surface area contributed by atoms with E-state index >= 15 is 0 Å². The lowest BCUT2D eigenvalue weighted by Crippen LogP contribution is -2.34. The topological polar surface area (TPSA) is 86.0 Å². The monoisotopic (exact) mass is 474 g/mol. The molecule has 8 nitrogen and oxygen atoms in total. The van der Waals surface area contributed by atoms with Crippen LogP contribution in [-0.2, 0) is 11.3 Å². The predicted molar refractivity (Wildman–Crippen MR) is 131 cm³/mol. The summed E-state index contributed by atoms with van der Waals surface area (Å²) in [4.78, 5) is 31.7. The molecule has 2 aromatic heterocycles. The molecule has 0 fully saturated rings. The number of carbonyl (C=O) groups excluding carboxylic acids is 1. The van der Waals surface area contributed by atoms with E-state index in [-0.39, 0.29) is 24.1 Å². The highest BCUT2D eigenvalue weighted by atomic mass is 32.1. The van der Waals surface area contributed by atoms with Gasteiger partial charge in [0.2, 0.25) is 0 Å². The number of hydrogen-bond acceptors (Lipinski definition) is 7. The molecular formula is C25H22N4O4S. The van der Waals surface area contributed by atoms with Crippen molar-refractivity contribution in [1.29, 1.82) is 0 Å². The third-order valence-corrected chi connectivity index (χ3v) is 6.72. The minimum absolute atomic E-state index is 0.165. The molecule has 0 saturated carbocycles. The first-order valence-corrected chi connectivity index (χ1v) is 11.6. The predicted octanol–water partition coefficient (Wildman–Crippen LogP) is 3.85. The number of hydrogen-bond donors (Lipinski definition) is 0. The van der Waals surface area contributed by atoms with Gasteiger partial charge in [-0.05, 0) is 41.3 Å². The minimum Gasteiger partial charge on any atom is -0.493 e. The van der Waals surface area contributed by atoms with Crippen LogP contribution in [0.2, 0.25) is 0 Å².